The molecule has 0 radical (unpaired) electrons. The number of rotatable bonds is 1. The summed E-state index contributed by atoms with van der Waals surface area (Å²) in [5.74, 6) is 0.159. The molecule has 0 aliphatic carbocycles. The van der Waals surface area contributed by atoms with E-state index in [0.717, 1.165) is 3.57 Å². The van der Waals surface area contributed by atoms with Crippen molar-refractivity contribution in [1.29, 1.82) is 0 Å². The van der Waals surface area contributed by atoms with Crippen molar-refractivity contribution in [3.63, 3.8) is 0 Å². The number of benzene rings is 1. The van der Waals surface area contributed by atoms with E-state index in [9.17, 15) is 10.2 Å². The molecule has 3 heteroatoms. The molecule has 1 rings (SSSR count). The number of hydrogen-bond donors (Lipinski definition) is 2. The zero-order valence-corrected chi connectivity index (χ0v) is 8.24. The van der Waals surface area contributed by atoms with E-state index >= 15 is 0 Å². The van der Waals surface area contributed by atoms with E-state index in [0.29, 0.717) is 5.56 Å². The second-order valence-electron chi connectivity index (χ2n) is 2.35. The summed E-state index contributed by atoms with van der Waals surface area (Å²) in [5, 5.41) is 18.5. The zero-order chi connectivity index (χ0) is 8.43. The Bertz CT molecular complexity index is 238. The summed E-state index contributed by atoms with van der Waals surface area (Å²) in [6.45, 7) is 1.64. The van der Waals surface area contributed by atoms with Crippen LogP contribution in [-0.2, 0) is 0 Å². The van der Waals surface area contributed by atoms with Gasteiger partial charge in [0.05, 0.1) is 6.10 Å². The van der Waals surface area contributed by atoms with Gasteiger partial charge in [-0.1, -0.05) is 6.07 Å². The van der Waals surface area contributed by atoms with Crippen molar-refractivity contribution in [1.82, 2.24) is 0 Å². The zero-order valence-electron chi connectivity index (χ0n) is 6.08. The lowest BCUT2D eigenvalue weighted by molar-refractivity contribution is 0.194. The van der Waals surface area contributed by atoms with Crippen LogP contribution in [0.3, 0.4) is 0 Å². The van der Waals surface area contributed by atoms with Crippen molar-refractivity contribution in [3.05, 3.63) is 27.3 Å². The summed E-state index contributed by atoms with van der Waals surface area (Å²) in [7, 11) is 0. The number of halogens is 1. The second kappa shape index (κ2) is 3.40. The predicted octanol–water partition coefficient (Wildman–Crippen LogP) is 2.05. The first kappa shape index (κ1) is 8.80. The van der Waals surface area contributed by atoms with Crippen LogP contribution < -0.4 is 0 Å². The average molecular weight is 264 g/mol. The van der Waals surface area contributed by atoms with Crippen molar-refractivity contribution >= 4 is 22.6 Å². The highest BCUT2D eigenvalue weighted by Gasteiger charge is 2.09. The monoisotopic (exact) mass is 264 g/mol. The molecule has 1 aromatic rings. The molecule has 0 spiro atoms. The van der Waals surface area contributed by atoms with Crippen LogP contribution in [0.5, 0.6) is 5.75 Å². The van der Waals surface area contributed by atoms with Gasteiger partial charge in [-0.3, -0.25) is 0 Å². The fourth-order valence-corrected chi connectivity index (χ4v) is 1.87. The van der Waals surface area contributed by atoms with Gasteiger partial charge in [-0.05, 0) is 41.6 Å². The summed E-state index contributed by atoms with van der Waals surface area (Å²) >= 11 is 2.08. The van der Waals surface area contributed by atoms with Crippen LogP contribution in [-0.4, -0.2) is 10.2 Å². The Hall–Kier alpha value is -0.290. The lowest BCUT2D eigenvalue weighted by atomic mass is 10.1. The van der Waals surface area contributed by atoms with Crippen molar-refractivity contribution in [3.8, 4) is 5.75 Å². The number of aromatic hydroxyl groups is 1. The highest BCUT2D eigenvalue weighted by Crippen LogP contribution is 2.28. The van der Waals surface area contributed by atoms with Crippen molar-refractivity contribution in [2.45, 2.75) is 13.0 Å². The molecular formula is C8H9IO2. The summed E-state index contributed by atoms with van der Waals surface area (Å²) < 4.78 is 0.887. The highest BCUT2D eigenvalue weighted by atomic mass is 127. The van der Waals surface area contributed by atoms with Gasteiger partial charge in [0.1, 0.15) is 5.75 Å². The number of aliphatic hydroxyl groups excluding tert-OH is 1. The largest absolute Gasteiger partial charge is 0.508 e. The maximum Gasteiger partial charge on any atom is 0.122 e. The lowest BCUT2D eigenvalue weighted by Gasteiger charge is -2.08. The molecule has 11 heavy (non-hydrogen) atoms. The lowest BCUT2D eigenvalue weighted by Crippen LogP contribution is -1.94. The Kier molecular flexibility index (Phi) is 2.72. The van der Waals surface area contributed by atoms with Gasteiger partial charge in [0.25, 0.3) is 0 Å². The normalized spacial score (nSPS) is 13.0. The predicted molar refractivity (Wildman–Crippen MR) is 51.5 cm³/mol. The molecule has 2 N–H and O–H groups in total. The van der Waals surface area contributed by atoms with Gasteiger partial charge in [-0.15, -0.1) is 0 Å². The van der Waals surface area contributed by atoms with Crippen LogP contribution in [0.15, 0.2) is 18.2 Å². The molecule has 1 atom stereocenters. The van der Waals surface area contributed by atoms with Crippen LogP contribution in [0, 0.1) is 3.57 Å². The van der Waals surface area contributed by atoms with E-state index in [1.54, 1.807) is 19.1 Å². The third kappa shape index (κ3) is 1.84. The van der Waals surface area contributed by atoms with E-state index in [-0.39, 0.29) is 5.75 Å². The van der Waals surface area contributed by atoms with E-state index in [4.69, 9.17) is 0 Å². The maximum absolute atomic E-state index is 9.30. The van der Waals surface area contributed by atoms with Crippen LogP contribution in [0.2, 0.25) is 0 Å². The van der Waals surface area contributed by atoms with E-state index in [1.165, 1.54) is 0 Å². The van der Waals surface area contributed by atoms with Crippen molar-refractivity contribution in [2.24, 2.45) is 0 Å². The van der Waals surface area contributed by atoms with Gasteiger partial charge < -0.3 is 10.2 Å². The third-order valence-corrected chi connectivity index (χ3v) is 2.39. The minimum atomic E-state index is -0.608. The molecule has 0 saturated carbocycles. The minimum Gasteiger partial charge on any atom is -0.508 e. The summed E-state index contributed by atoms with van der Waals surface area (Å²) in [4.78, 5) is 0. The smallest absolute Gasteiger partial charge is 0.122 e. The van der Waals surface area contributed by atoms with Crippen LogP contribution in [0.25, 0.3) is 0 Å². The highest BCUT2D eigenvalue weighted by molar-refractivity contribution is 14.1. The van der Waals surface area contributed by atoms with Crippen LogP contribution in [0.4, 0.5) is 0 Å². The Labute approximate surface area is 79.0 Å². The first-order valence-corrected chi connectivity index (χ1v) is 4.36. The molecule has 2 nitrogen and oxygen atoms in total. The number of aliphatic hydroxyl groups is 1. The third-order valence-electron chi connectivity index (χ3n) is 1.45. The Morgan fingerprint density at radius 1 is 1.45 bits per heavy atom. The molecule has 1 unspecified atom stereocenters. The van der Waals surface area contributed by atoms with Crippen LogP contribution in [0.1, 0.15) is 18.6 Å². The minimum absolute atomic E-state index is 0.159. The standard InChI is InChI=1S/C8H9IO2/c1-5(10)8-6(9)3-2-4-7(8)11/h2-5,10-11H,1H3. The molecule has 0 aliphatic rings. The van der Waals surface area contributed by atoms with Crippen LogP contribution >= 0.6 is 22.6 Å². The Morgan fingerprint density at radius 2 is 2.09 bits per heavy atom. The van der Waals surface area contributed by atoms with Gasteiger partial charge in [0, 0.05) is 9.13 Å². The van der Waals surface area contributed by atoms with Crippen molar-refractivity contribution < 1.29 is 10.2 Å². The molecule has 0 fully saturated rings. The van der Waals surface area contributed by atoms with Gasteiger partial charge in [0.2, 0.25) is 0 Å². The first-order chi connectivity index (χ1) is 5.13. The molecule has 0 aliphatic heterocycles. The fraction of sp³-hybridized carbons (Fsp3) is 0.250. The fourth-order valence-electron chi connectivity index (χ4n) is 0.939. The Balaban J connectivity index is 3.21. The van der Waals surface area contributed by atoms with Gasteiger partial charge in [-0.2, -0.15) is 0 Å². The second-order valence-corrected chi connectivity index (χ2v) is 3.51. The molecule has 0 bridgehead atoms. The van der Waals surface area contributed by atoms with E-state index < -0.39 is 6.10 Å². The summed E-state index contributed by atoms with van der Waals surface area (Å²) in [6.07, 6.45) is -0.608. The summed E-state index contributed by atoms with van der Waals surface area (Å²) in [6, 6.07) is 5.18. The van der Waals surface area contributed by atoms with Gasteiger partial charge in [-0.25, -0.2) is 0 Å². The molecule has 60 valence electrons. The maximum atomic E-state index is 9.30. The SMILES string of the molecule is CC(O)c1c(O)cccc1I. The Morgan fingerprint density at radius 3 is 2.45 bits per heavy atom. The van der Waals surface area contributed by atoms with Gasteiger partial charge >= 0.3 is 0 Å². The number of phenolic OH excluding ortho intramolecular Hbond substituents is 1. The molecule has 0 saturated heterocycles. The molecule has 0 heterocycles. The molecular weight excluding hydrogens is 255 g/mol. The van der Waals surface area contributed by atoms with E-state index in [1.807, 2.05) is 6.07 Å². The van der Waals surface area contributed by atoms with Gasteiger partial charge in [0.15, 0.2) is 0 Å². The molecule has 1 aromatic carbocycles. The summed E-state index contributed by atoms with van der Waals surface area (Å²) in [5.41, 5.74) is 0.605. The molecule has 0 aromatic heterocycles. The van der Waals surface area contributed by atoms with E-state index in [2.05, 4.69) is 22.6 Å². The quantitative estimate of drug-likeness (QED) is 0.762. The topological polar surface area (TPSA) is 40.5 Å². The average Bonchev–Trinajstić information content (AvgIpc) is 1.85. The van der Waals surface area contributed by atoms with Crippen molar-refractivity contribution in [2.75, 3.05) is 0 Å². The number of phenols is 1. The first-order valence-electron chi connectivity index (χ1n) is 3.28. The number of hydrogen-bond acceptors (Lipinski definition) is 2. The molecule has 0 amide bonds.